The molecule has 0 fully saturated rings. The molecule has 6 nitrogen and oxygen atoms in total. The van der Waals surface area contributed by atoms with E-state index in [1.54, 1.807) is 12.1 Å². The van der Waals surface area contributed by atoms with Crippen LogP contribution in [0.15, 0.2) is 67.0 Å². The first-order valence-electron chi connectivity index (χ1n) is 11.1. The van der Waals surface area contributed by atoms with Gasteiger partial charge in [-0.3, -0.25) is 0 Å². The third-order valence-corrected chi connectivity index (χ3v) is 5.22. The monoisotopic (exact) mass is 420 g/mol. The first-order chi connectivity index (χ1) is 15.2. The Morgan fingerprint density at radius 3 is 2.23 bits per heavy atom. The van der Waals surface area contributed by atoms with Gasteiger partial charge in [0.05, 0.1) is 6.61 Å². The van der Waals surface area contributed by atoms with Crippen molar-refractivity contribution in [2.75, 3.05) is 6.61 Å². The number of aromatic hydroxyl groups is 1. The Hall–Kier alpha value is -3.28. The second-order valence-corrected chi connectivity index (χ2v) is 7.59. The van der Waals surface area contributed by atoms with Gasteiger partial charge >= 0.3 is 0 Å². The van der Waals surface area contributed by atoms with Gasteiger partial charge in [0.1, 0.15) is 28.2 Å². The van der Waals surface area contributed by atoms with E-state index in [1.807, 2.05) is 54.9 Å². The number of hydrogen-bond donors (Lipinski definition) is 2. The van der Waals surface area contributed by atoms with Gasteiger partial charge < -0.3 is 14.8 Å². The minimum atomic E-state index is 0.113. The van der Waals surface area contributed by atoms with Gasteiger partial charge in [-0.05, 0) is 48.7 Å². The summed E-state index contributed by atoms with van der Waals surface area (Å²) in [6.07, 6.45) is 9.82. The number of nitrogens with one attached hydrogen (secondary N) is 1. The van der Waals surface area contributed by atoms with Crippen molar-refractivity contribution in [1.29, 1.82) is 0 Å². The summed E-state index contributed by atoms with van der Waals surface area (Å²) < 4.78 is 5.91. The number of phenolic OH excluding ortho intramolecular Hbond substituents is 1. The highest BCUT2D eigenvalue weighted by Gasteiger charge is 2.11. The van der Waals surface area contributed by atoms with E-state index in [4.69, 9.17) is 4.74 Å². The third-order valence-electron chi connectivity index (χ3n) is 5.22. The van der Waals surface area contributed by atoms with E-state index in [9.17, 15) is 5.11 Å². The van der Waals surface area contributed by atoms with E-state index in [-0.39, 0.29) is 5.75 Å². The number of phenols is 1. The van der Waals surface area contributed by atoms with Crippen molar-refractivity contribution in [1.82, 2.24) is 20.0 Å². The molecular weight excluding hydrogens is 388 g/mol. The van der Waals surface area contributed by atoms with E-state index in [1.165, 1.54) is 30.5 Å². The molecule has 0 aliphatic heterocycles. The average Bonchev–Trinajstić information content (AvgIpc) is 3.49. The summed E-state index contributed by atoms with van der Waals surface area (Å²) in [7, 11) is 0. The number of aromatic amines is 1. The molecule has 4 rings (SSSR count). The highest BCUT2D eigenvalue weighted by Crippen LogP contribution is 2.27. The molecule has 31 heavy (non-hydrogen) atoms. The summed E-state index contributed by atoms with van der Waals surface area (Å²) in [5, 5.41) is 19.2. The Morgan fingerprint density at radius 1 is 0.968 bits per heavy atom. The van der Waals surface area contributed by atoms with Crippen LogP contribution in [-0.4, -0.2) is 31.7 Å². The number of hydrogen-bond acceptors (Lipinski definition) is 4. The van der Waals surface area contributed by atoms with Crippen molar-refractivity contribution < 1.29 is 9.84 Å². The van der Waals surface area contributed by atoms with Gasteiger partial charge in [0.25, 0.3) is 0 Å². The molecule has 2 N–H and O–H groups in total. The molecule has 1 unspecified atom stereocenters. The molecule has 0 saturated carbocycles. The van der Waals surface area contributed by atoms with Crippen molar-refractivity contribution in [3.8, 4) is 17.2 Å². The van der Waals surface area contributed by atoms with Crippen molar-refractivity contribution in [2.24, 2.45) is 5.92 Å². The lowest BCUT2D eigenvalue weighted by molar-refractivity contribution is 0.232. The molecule has 0 spiro atoms. The lowest BCUT2D eigenvalue weighted by Gasteiger charge is -2.16. The maximum Gasteiger partial charge on any atom is 0.146 e. The lowest BCUT2D eigenvalue weighted by Crippen LogP contribution is -2.11. The van der Waals surface area contributed by atoms with Gasteiger partial charge in [-0.15, -0.1) is 15.0 Å². The predicted octanol–water partition coefficient (Wildman–Crippen LogP) is 6.13. The molecule has 0 radical (unpaired) electrons. The van der Waals surface area contributed by atoms with Crippen molar-refractivity contribution in [3.63, 3.8) is 0 Å². The van der Waals surface area contributed by atoms with Crippen LogP contribution in [0, 0.1) is 5.92 Å². The van der Waals surface area contributed by atoms with Gasteiger partial charge in [-0.1, -0.05) is 51.7 Å². The van der Waals surface area contributed by atoms with E-state index in [2.05, 4.69) is 29.0 Å². The van der Waals surface area contributed by atoms with Crippen LogP contribution in [0.2, 0.25) is 0 Å². The van der Waals surface area contributed by atoms with Gasteiger partial charge in [0, 0.05) is 18.5 Å². The fraction of sp³-hybridized carbons (Fsp3) is 0.360. The van der Waals surface area contributed by atoms with Gasteiger partial charge in [-0.2, -0.15) is 0 Å². The molecule has 2 aromatic carbocycles. The normalized spacial score (nSPS) is 11.7. The smallest absolute Gasteiger partial charge is 0.146 e. The fourth-order valence-corrected chi connectivity index (χ4v) is 3.31. The van der Waals surface area contributed by atoms with Gasteiger partial charge in [0.15, 0.2) is 0 Å². The quantitative estimate of drug-likeness (QED) is 0.320. The van der Waals surface area contributed by atoms with E-state index >= 15 is 0 Å². The summed E-state index contributed by atoms with van der Waals surface area (Å²) in [6.45, 7) is 5.11. The molecule has 1 atom stereocenters. The average molecular weight is 421 g/mol. The number of H-pyrrole nitrogens is 1. The third kappa shape index (κ3) is 6.60. The van der Waals surface area contributed by atoms with Crippen LogP contribution >= 0.6 is 0 Å². The molecular formula is C25H32N4O2. The topological polar surface area (TPSA) is 76.0 Å². The first kappa shape index (κ1) is 22.4. The zero-order chi connectivity index (χ0) is 21.9. The number of nitrogens with zero attached hydrogens (tertiary/aromatic N) is 3. The number of benzene rings is 2. The van der Waals surface area contributed by atoms with Crippen LogP contribution in [0.4, 0.5) is 0 Å². The summed E-state index contributed by atoms with van der Waals surface area (Å²) in [5.41, 5.74) is 2.14. The maximum absolute atomic E-state index is 10.4. The maximum atomic E-state index is 10.4. The minimum absolute atomic E-state index is 0.113. The molecule has 2 aromatic heterocycles. The number of aromatic nitrogens is 4. The second-order valence-electron chi connectivity index (χ2n) is 7.59. The molecule has 0 amide bonds. The zero-order valence-corrected chi connectivity index (χ0v) is 18.4. The number of fused-ring (bicyclic) bond motifs is 1. The van der Waals surface area contributed by atoms with Crippen LogP contribution < -0.4 is 4.74 Å². The van der Waals surface area contributed by atoms with E-state index in [0.29, 0.717) is 24.0 Å². The number of ether oxygens (including phenoxy) is 1. The highest BCUT2D eigenvalue weighted by atomic mass is 16.5. The van der Waals surface area contributed by atoms with Crippen molar-refractivity contribution >= 4 is 11.0 Å². The first-order valence-corrected chi connectivity index (χ1v) is 11.1. The predicted molar refractivity (Wildman–Crippen MR) is 125 cm³/mol. The standard InChI is InChI=1S/C21H27N3O2.C4H5N/c1-3-5-6-9-16(4-2)15-26-17-12-13-20(21(25)14-17)24-22-18-10-7-8-11-19(18)23-24;1-2-4-5-3-1/h7-8,10-14,16,25H,3-6,9,15H2,1-2H3;1-5H. The Morgan fingerprint density at radius 2 is 1.68 bits per heavy atom. The Bertz CT molecular complexity index is 977. The summed E-state index contributed by atoms with van der Waals surface area (Å²) in [4.78, 5) is 4.32. The second kappa shape index (κ2) is 11.8. The van der Waals surface area contributed by atoms with Crippen molar-refractivity contribution in [3.05, 3.63) is 67.0 Å². The summed E-state index contributed by atoms with van der Waals surface area (Å²) >= 11 is 0. The van der Waals surface area contributed by atoms with E-state index in [0.717, 1.165) is 17.5 Å². The molecule has 2 heterocycles. The highest BCUT2D eigenvalue weighted by molar-refractivity contribution is 5.73. The van der Waals surface area contributed by atoms with Crippen LogP contribution in [0.25, 0.3) is 16.7 Å². The molecule has 0 aliphatic rings. The molecule has 0 saturated heterocycles. The van der Waals surface area contributed by atoms with Crippen LogP contribution in [0.3, 0.4) is 0 Å². The van der Waals surface area contributed by atoms with E-state index < -0.39 is 0 Å². The molecule has 6 heteroatoms. The minimum Gasteiger partial charge on any atom is -0.505 e. The fourth-order valence-electron chi connectivity index (χ4n) is 3.31. The van der Waals surface area contributed by atoms with Crippen LogP contribution in [0.1, 0.15) is 46.0 Å². The summed E-state index contributed by atoms with van der Waals surface area (Å²) in [6, 6.07) is 16.8. The summed E-state index contributed by atoms with van der Waals surface area (Å²) in [5.74, 6) is 1.35. The van der Waals surface area contributed by atoms with Crippen LogP contribution in [-0.2, 0) is 0 Å². The van der Waals surface area contributed by atoms with Gasteiger partial charge in [-0.25, -0.2) is 0 Å². The Balaban J connectivity index is 0.000000478. The Kier molecular flexibility index (Phi) is 8.52. The largest absolute Gasteiger partial charge is 0.505 e. The number of unbranched alkanes of at least 4 members (excludes halogenated alkanes) is 2. The van der Waals surface area contributed by atoms with Crippen molar-refractivity contribution in [2.45, 2.75) is 46.0 Å². The molecule has 4 aromatic rings. The van der Waals surface area contributed by atoms with Gasteiger partial charge in [0.2, 0.25) is 0 Å². The lowest BCUT2D eigenvalue weighted by atomic mass is 10.00. The SMILES string of the molecule is CCCCCC(CC)COc1ccc(-n2nc3ccccc3n2)c(O)c1.c1cc[nH]c1. The number of rotatable bonds is 9. The molecule has 0 bridgehead atoms. The molecule has 0 aliphatic carbocycles. The van der Waals surface area contributed by atoms with Crippen LogP contribution in [0.5, 0.6) is 11.5 Å². The molecule has 164 valence electrons. The zero-order valence-electron chi connectivity index (χ0n) is 18.4. The Labute approximate surface area is 183 Å².